The van der Waals surface area contributed by atoms with Crippen molar-refractivity contribution in [2.24, 2.45) is 5.92 Å². The Kier molecular flexibility index (Phi) is 5.87. The molecular weight excluding hydrogens is 386 g/mol. The number of aliphatic hydroxyl groups is 1. The smallest absolute Gasteiger partial charge is 0.313 e. The highest BCUT2D eigenvalue weighted by atomic mass is 32.1. The van der Waals surface area contributed by atoms with Crippen LogP contribution in [0.4, 0.5) is 5.69 Å². The summed E-state index contributed by atoms with van der Waals surface area (Å²) in [5.41, 5.74) is 2.45. The first-order valence-electron chi connectivity index (χ1n) is 9.83. The molecule has 0 bridgehead atoms. The first kappa shape index (κ1) is 19.5. The van der Waals surface area contributed by atoms with E-state index in [1.165, 1.54) is 0 Å². The van der Waals surface area contributed by atoms with Crippen molar-refractivity contribution in [1.29, 1.82) is 0 Å². The topological polar surface area (TPSA) is 91.3 Å². The zero-order chi connectivity index (χ0) is 20.2. The summed E-state index contributed by atoms with van der Waals surface area (Å²) in [4.78, 5) is 28.7. The van der Waals surface area contributed by atoms with Crippen molar-refractivity contribution in [1.82, 2.24) is 10.3 Å². The van der Waals surface area contributed by atoms with E-state index in [9.17, 15) is 14.7 Å². The molecule has 0 radical (unpaired) electrons. The molecule has 1 atom stereocenters. The van der Waals surface area contributed by atoms with Gasteiger partial charge in [-0.3, -0.25) is 9.59 Å². The molecule has 1 aromatic heterocycles. The summed E-state index contributed by atoms with van der Waals surface area (Å²) in [6, 6.07) is 15.2. The van der Waals surface area contributed by atoms with Crippen molar-refractivity contribution in [3.63, 3.8) is 0 Å². The third kappa shape index (κ3) is 4.63. The van der Waals surface area contributed by atoms with Crippen molar-refractivity contribution in [3.8, 4) is 10.6 Å². The molecule has 1 saturated carbocycles. The number of nitrogens with zero attached hydrogens (tertiary/aromatic N) is 1. The predicted molar refractivity (Wildman–Crippen MR) is 115 cm³/mol. The van der Waals surface area contributed by atoms with Crippen molar-refractivity contribution < 1.29 is 14.7 Å². The molecule has 6 nitrogen and oxygen atoms in total. The molecule has 0 saturated heterocycles. The lowest BCUT2D eigenvalue weighted by Gasteiger charge is -2.17. The molecule has 1 unspecified atom stereocenters. The maximum atomic E-state index is 12.1. The Labute approximate surface area is 173 Å². The molecule has 0 spiro atoms. The second kappa shape index (κ2) is 8.71. The van der Waals surface area contributed by atoms with Crippen LogP contribution in [-0.2, 0) is 9.59 Å². The van der Waals surface area contributed by atoms with E-state index in [0.717, 1.165) is 46.5 Å². The Morgan fingerprint density at radius 1 is 1.07 bits per heavy atom. The van der Waals surface area contributed by atoms with Crippen LogP contribution in [0.5, 0.6) is 0 Å². The highest BCUT2D eigenvalue weighted by Crippen LogP contribution is 2.30. The lowest BCUT2D eigenvalue weighted by atomic mass is 10.0. The van der Waals surface area contributed by atoms with Gasteiger partial charge < -0.3 is 15.7 Å². The van der Waals surface area contributed by atoms with Gasteiger partial charge in [0.15, 0.2) is 0 Å². The molecule has 1 aliphatic rings. The molecule has 1 aliphatic carbocycles. The molecule has 29 heavy (non-hydrogen) atoms. The van der Waals surface area contributed by atoms with Gasteiger partial charge in [0.2, 0.25) is 0 Å². The number of para-hydroxylation sites is 1. The molecule has 1 fully saturated rings. The number of hydrogen-bond donors (Lipinski definition) is 3. The summed E-state index contributed by atoms with van der Waals surface area (Å²) in [7, 11) is 0. The molecule has 3 aromatic rings. The molecular formula is C22H23N3O3S. The van der Waals surface area contributed by atoms with Gasteiger partial charge in [-0.25, -0.2) is 4.98 Å². The third-order valence-corrected chi connectivity index (χ3v) is 6.39. The minimum Gasteiger partial charge on any atom is -0.391 e. The van der Waals surface area contributed by atoms with Crippen LogP contribution in [0.25, 0.3) is 20.8 Å². The van der Waals surface area contributed by atoms with Crippen LogP contribution in [0.2, 0.25) is 0 Å². The van der Waals surface area contributed by atoms with Gasteiger partial charge in [0.25, 0.3) is 0 Å². The quantitative estimate of drug-likeness (QED) is 0.562. The second-order valence-electron chi connectivity index (χ2n) is 7.34. The predicted octanol–water partition coefficient (Wildman–Crippen LogP) is 3.57. The van der Waals surface area contributed by atoms with Gasteiger partial charge >= 0.3 is 11.8 Å². The molecule has 1 heterocycles. The lowest BCUT2D eigenvalue weighted by Crippen LogP contribution is -2.41. The van der Waals surface area contributed by atoms with E-state index in [2.05, 4.69) is 15.6 Å². The fraction of sp³-hybridized carbons (Fsp3) is 0.318. The Balaban J connectivity index is 1.33. The number of aliphatic hydroxyl groups excluding tert-OH is 1. The van der Waals surface area contributed by atoms with Crippen LogP contribution in [0.3, 0.4) is 0 Å². The van der Waals surface area contributed by atoms with Crippen molar-refractivity contribution in [2.75, 3.05) is 11.9 Å². The van der Waals surface area contributed by atoms with E-state index in [4.69, 9.17) is 0 Å². The van der Waals surface area contributed by atoms with Gasteiger partial charge in [-0.1, -0.05) is 25.0 Å². The number of anilines is 1. The minimum atomic E-state index is -0.739. The zero-order valence-corrected chi connectivity index (χ0v) is 16.7. The highest BCUT2D eigenvalue weighted by Gasteiger charge is 2.24. The maximum Gasteiger partial charge on any atom is 0.313 e. The highest BCUT2D eigenvalue weighted by molar-refractivity contribution is 7.21. The largest absolute Gasteiger partial charge is 0.391 e. The number of amides is 2. The van der Waals surface area contributed by atoms with Gasteiger partial charge in [0, 0.05) is 17.8 Å². The fourth-order valence-corrected chi connectivity index (χ4v) is 4.64. The van der Waals surface area contributed by atoms with E-state index < -0.39 is 17.9 Å². The van der Waals surface area contributed by atoms with Gasteiger partial charge in [-0.2, -0.15) is 0 Å². The summed E-state index contributed by atoms with van der Waals surface area (Å²) in [5, 5.41) is 16.1. The SMILES string of the molecule is O=C(NCC(O)C1CCCC1)C(=O)Nc1ccc(-c2nc3ccccc3s2)cc1. The standard InChI is InChI=1S/C22H23N3O3S/c26-18(14-5-1-2-6-14)13-23-20(27)21(28)24-16-11-9-15(10-12-16)22-25-17-7-3-4-8-19(17)29-22/h3-4,7-12,14,18,26H,1-2,5-6,13H2,(H,23,27)(H,24,28). The Bertz CT molecular complexity index is 977. The average Bonchev–Trinajstić information content (AvgIpc) is 3.42. The number of rotatable bonds is 5. The zero-order valence-electron chi connectivity index (χ0n) is 15.9. The van der Waals surface area contributed by atoms with Crippen LogP contribution in [-0.4, -0.2) is 34.6 Å². The Morgan fingerprint density at radius 3 is 2.52 bits per heavy atom. The monoisotopic (exact) mass is 409 g/mol. The van der Waals surface area contributed by atoms with Gasteiger partial charge in [0.05, 0.1) is 16.3 Å². The van der Waals surface area contributed by atoms with E-state index in [0.29, 0.717) is 5.69 Å². The van der Waals surface area contributed by atoms with Crippen LogP contribution in [0, 0.1) is 5.92 Å². The molecule has 3 N–H and O–H groups in total. The summed E-state index contributed by atoms with van der Waals surface area (Å²) < 4.78 is 1.12. The average molecular weight is 410 g/mol. The summed E-state index contributed by atoms with van der Waals surface area (Å²) in [5.74, 6) is -1.26. The minimum absolute atomic E-state index is 0.105. The third-order valence-electron chi connectivity index (χ3n) is 5.31. The fourth-order valence-electron chi connectivity index (χ4n) is 3.67. The summed E-state index contributed by atoms with van der Waals surface area (Å²) >= 11 is 1.61. The molecule has 4 rings (SSSR count). The first-order valence-corrected chi connectivity index (χ1v) is 10.6. The number of carbonyl (C=O) groups is 2. The summed E-state index contributed by atoms with van der Waals surface area (Å²) in [6.07, 6.45) is 3.59. The Hall–Kier alpha value is -2.77. The second-order valence-corrected chi connectivity index (χ2v) is 8.37. The van der Waals surface area contributed by atoms with Gasteiger partial charge in [0.1, 0.15) is 5.01 Å². The van der Waals surface area contributed by atoms with E-state index in [-0.39, 0.29) is 12.5 Å². The number of nitrogens with one attached hydrogen (secondary N) is 2. The van der Waals surface area contributed by atoms with E-state index >= 15 is 0 Å². The molecule has 2 aromatic carbocycles. The van der Waals surface area contributed by atoms with Crippen LogP contribution in [0.1, 0.15) is 25.7 Å². The summed E-state index contributed by atoms with van der Waals surface area (Å²) in [6.45, 7) is 0.105. The van der Waals surface area contributed by atoms with Crippen LogP contribution >= 0.6 is 11.3 Å². The van der Waals surface area contributed by atoms with Crippen molar-refractivity contribution in [3.05, 3.63) is 48.5 Å². The van der Waals surface area contributed by atoms with Gasteiger partial charge in [-0.15, -0.1) is 11.3 Å². The van der Waals surface area contributed by atoms with E-state index in [1.54, 1.807) is 23.5 Å². The van der Waals surface area contributed by atoms with Crippen LogP contribution in [0.15, 0.2) is 48.5 Å². The van der Waals surface area contributed by atoms with Gasteiger partial charge in [-0.05, 0) is 55.2 Å². The Morgan fingerprint density at radius 2 is 1.79 bits per heavy atom. The molecule has 0 aliphatic heterocycles. The molecule has 2 amide bonds. The number of benzene rings is 2. The van der Waals surface area contributed by atoms with Crippen LogP contribution < -0.4 is 10.6 Å². The number of thiazole rings is 1. The van der Waals surface area contributed by atoms with E-state index in [1.807, 2.05) is 36.4 Å². The normalized spacial score (nSPS) is 15.3. The maximum absolute atomic E-state index is 12.1. The van der Waals surface area contributed by atoms with Crippen molar-refractivity contribution in [2.45, 2.75) is 31.8 Å². The molecule has 7 heteroatoms. The van der Waals surface area contributed by atoms with Crippen molar-refractivity contribution >= 4 is 39.1 Å². The number of aromatic nitrogens is 1. The number of fused-ring (bicyclic) bond motifs is 1. The lowest BCUT2D eigenvalue weighted by molar-refractivity contribution is -0.136. The number of hydrogen-bond acceptors (Lipinski definition) is 5. The molecule has 150 valence electrons. The first-order chi connectivity index (χ1) is 14.1. The number of carbonyl (C=O) groups excluding carboxylic acids is 2.